The first kappa shape index (κ1) is 15.1. The Morgan fingerprint density at radius 3 is 2.61 bits per heavy atom. The van der Waals surface area contributed by atoms with Gasteiger partial charge in [-0.3, -0.25) is 0 Å². The van der Waals surface area contributed by atoms with Gasteiger partial charge < -0.3 is 14.7 Å². The minimum Gasteiger partial charge on any atom is -0.444 e. The molecular weight excluding hydrogens is 244 g/mol. The maximum Gasteiger partial charge on any atom is 0.410 e. The number of amides is 1. The zero-order valence-corrected chi connectivity index (χ0v) is 11.1. The molecule has 1 fully saturated rings. The second kappa shape index (κ2) is 5.38. The van der Waals surface area contributed by atoms with E-state index in [4.69, 9.17) is 9.84 Å². The Morgan fingerprint density at radius 1 is 1.50 bits per heavy atom. The van der Waals surface area contributed by atoms with Crippen molar-refractivity contribution in [2.24, 2.45) is 5.92 Å². The molecule has 6 heteroatoms. The lowest BCUT2D eigenvalue weighted by atomic mass is 10.0. The lowest BCUT2D eigenvalue weighted by Gasteiger charge is -2.29. The van der Waals surface area contributed by atoms with Gasteiger partial charge in [0.2, 0.25) is 0 Å². The monoisotopic (exact) mass is 265 g/mol. The van der Waals surface area contributed by atoms with Crippen molar-refractivity contribution in [1.82, 2.24) is 4.90 Å². The number of hydrogen-bond acceptors (Lipinski definition) is 3. The van der Waals surface area contributed by atoms with E-state index in [1.54, 1.807) is 20.8 Å². The van der Waals surface area contributed by atoms with Crippen molar-refractivity contribution >= 4 is 6.09 Å². The van der Waals surface area contributed by atoms with Gasteiger partial charge in [-0.1, -0.05) is 0 Å². The summed E-state index contributed by atoms with van der Waals surface area (Å²) in [6, 6.07) is 0. The van der Waals surface area contributed by atoms with Gasteiger partial charge in [0, 0.05) is 19.6 Å². The van der Waals surface area contributed by atoms with Crippen molar-refractivity contribution in [3.63, 3.8) is 0 Å². The summed E-state index contributed by atoms with van der Waals surface area (Å²) in [5, 5.41) is 9.09. The third-order valence-corrected chi connectivity index (χ3v) is 2.73. The van der Waals surface area contributed by atoms with E-state index in [1.807, 2.05) is 0 Å². The Labute approximate surface area is 106 Å². The summed E-state index contributed by atoms with van der Waals surface area (Å²) < 4.78 is 32.1. The molecule has 1 rings (SSSR count). The molecule has 0 aliphatic carbocycles. The van der Waals surface area contributed by atoms with Crippen molar-refractivity contribution in [2.45, 2.75) is 45.1 Å². The highest BCUT2D eigenvalue weighted by atomic mass is 19.3. The van der Waals surface area contributed by atoms with E-state index >= 15 is 0 Å². The van der Waals surface area contributed by atoms with Crippen LogP contribution in [0.2, 0.25) is 0 Å². The second-order valence-electron chi connectivity index (χ2n) is 5.80. The number of aliphatic hydroxyl groups excluding tert-OH is 1. The second-order valence-corrected chi connectivity index (χ2v) is 5.80. The average Bonchev–Trinajstić information content (AvgIpc) is 2.34. The highest BCUT2D eigenvalue weighted by Gasteiger charge is 2.39. The van der Waals surface area contributed by atoms with Crippen molar-refractivity contribution in [3.05, 3.63) is 0 Å². The number of ether oxygens (including phenoxy) is 1. The predicted octanol–water partition coefficient (Wildman–Crippen LogP) is 2.26. The molecular formula is C12H21F2NO3. The number of alkyl halides is 2. The molecule has 0 bridgehead atoms. The van der Waals surface area contributed by atoms with Crippen LogP contribution in [0.1, 0.15) is 33.6 Å². The molecule has 4 nitrogen and oxygen atoms in total. The normalized spacial score (nSPS) is 24.6. The number of carbonyl (C=O) groups excluding carboxylic acids is 1. The van der Waals surface area contributed by atoms with E-state index in [0.29, 0.717) is 0 Å². The predicted molar refractivity (Wildman–Crippen MR) is 62.6 cm³/mol. The summed E-state index contributed by atoms with van der Waals surface area (Å²) in [6.45, 7) is 4.33. The molecule has 0 aromatic heterocycles. The summed E-state index contributed by atoms with van der Waals surface area (Å²) in [6.07, 6.45) is -0.845. The summed E-state index contributed by atoms with van der Waals surface area (Å²) in [5.74, 6) is -3.23. The minimum absolute atomic E-state index is 0.112. The van der Waals surface area contributed by atoms with Crippen LogP contribution < -0.4 is 0 Å². The molecule has 1 heterocycles. The van der Waals surface area contributed by atoms with E-state index in [-0.39, 0.29) is 31.9 Å². The van der Waals surface area contributed by atoms with E-state index in [0.717, 1.165) is 4.90 Å². The van der Waals surface area contributed by atoms with Gasteiger partial charge in [0.05, 0.1) is 6.54 Å². The highest BCUT2D eigenvalue weighted by Crippen LogP contribution is 2.29. The third kappa shape index (κ3) is 4.76. The number of nitrogens with zero attached hydrogens (tertiary/aromatic N) is 1. The molecule has 1 N–H and O–H groups in total. The van der Waals surface area contributed by atoms with Gasteiger partial charge in [-0.05, 0) is 33.1 Å². The third-order valence-electron chi connectivity index (χ3n) is 2.73. The maximum absolute atomic E-state index is 13.5. The first-order valence-corrected chi connectivity index (χ1v) is 6.09. The van der Waals surface area contributed by atoms with Gasteiger partial charge in [0.15, 0.2) is 0 Å². The Kier molecular flexibility index (Phi) is 4.53. The Morgan fingerprint density at radius 2 is 2.11 bits per heavy atom. The molecule has 1 saturated heterocycles. The molecule has 0 saturated carbocycles. The van der Waals surface area contributed by atoms with Crippen LogP contribution in [0, 0.1) is 5.92 Å². The van der Waals surface area contributed by atoms with Gasteiger partial charge >= 0.3 is 6.09 Å². The molecule has 0 aromatic rings. The Bertz CT molecular complexity index is 302. The van der Waals surface area contributed by atoms with E-state index < -0.39 is 24.2 Å². The summed E-state index contributed by atoms with van der Waals surface area (Å²) in [4.78, 5) is 12.8. The lowest BCUT2D eigenvalue weighted by Crippen LogP contribution is -2.43. The standard InChI is InChI=1S/C12H21F2NO3/c1-11(2,3)18-10(17)15-6-9(7-16)4-5-12(13,14)8-15/h9,16H,4-8H2,1-3H3/t9-/m0/s1. The fraction of sp³-hybridized carbons (Fsp3) is 0.917. The van der Waals surface area contributed by atoms with Crippen LogP contribution in [0.5, 0.6) is 0 Å². The largest absolute Gasteiger partial charge is 0.444 e. The SMILES string of the molecule is CC(C)(C)OC(=O)N1C[C@@H](CO)CCC(F)(F)C1. The van der Waals surface area contributed by atoms with Crippen molar-refractivity contribution in [1.29, 1.82) is 0 Å². The van der Waals surface area contributed by atoms with Gasteiger partial charge in [-0.25, -0.2) is 13.6 Å². The van der Waals surface area contributed by atoms with Crippen LogP contribution in [0.4, 0.5) is 13.6 Å². The topological polar surface area (TPSA) is 49.8 Å². The van der Waals surface area contributed by atoms with Gasteiger partial charge in [0.1, 0.15) is 5.60 Å². The molecule has 1 aliphatic heterocycles. The average molecular weight is 265 g/mol. The Hall–Kier alpha value is -0.910. The molecule has 1 amide bonds. The van der Waals surface area contributed by atoms with Gasteiger partial charge in [-0.15, -0.1) is 0 Å². The first-order chi connectivity index (χ1) is 8.13. The van der Waals surface area contributed by atoms with E-state index in [2.05, 4.69) is 0 Å². The number of halogens is 2. The molecule has 0 spiro atoms. The summed E-state index contributed by atoms with van der Waals surface area (Å²) in [7, 11) is 0. The van der Waals surface area contributed by atoms with Crippen molar-refractivity contribution < 1.29 is 23.4 Å². The Balaban J connectivity index is 2.74. The molecule has 0 radical (unpaired) electrons. The number of likely N-dealkylation sites (tertiary alicyclic amines) is 1. The molecule has 1 atom stereocenters. The maximum atomic E-state index is 13.5. The van der Waals surface area contributed by atoms with Crippen molar-refractivity contribution in [2.75, 3.05) is 19.7 Å². The summed E-state index contributed by atoms with van der Waals surface area (Å²) >= 11 is 0. The van der Waals surface area contributed by atoms with Gasteiger partial charge in [0.25, 0.3) is 5.92 Å². The number of hydrogen-bond donors (Lipinski definition) is 1. The quantitative estimate of drug-likeness (QED) is 0.791. The first-order valence-electron chi connectivity index (χ1n) is 6.09. The molecule has 1 aliphatic rings. The number of rotatable bonds is 1. The van der Waals surface area contributed by atoms with Crippen LogP contribution in [0.15, 0.2) is 0 Å². The summed E-state index contributed by atoms with van der Waals surface area (Å²) in [5.41, 5.74) is -0.715. The van der Waals surface area contributed by atoms with Crippen LogP contribution >= 0.6 is 0 Å². The van der Waals surface area contributed by atoms with Crippen LogP contribution in [0.3, 0.4) is 0 Å². The minimum atomic E-state index is -2.92. The lowest BCUT2D eigenvalue weighted by molar-refractivity contribution is -0.0389. The van der Waals surface area contributed by atoms with Crippen LogP contribution in [-0.4, -0.2) is 47.3 Å². The fourth-order valence-corrected chi connectivity index (χ4v) is 1.86. The van der Waals surface area contributed by atoms with E-state index in [9.17, 15) is 13.6 Å². The fourth-order valence-electron chi connectivity index (χ4n) is 1.86. The molecule has 106 valence electrons. The van der Waals surface area contributed by atoms with Crippen molar-refractivity contribution in [3.8, 4) is 0 Å². The number of aliphatic hydroxyl groups is 1. The van der Waals surface area contributed by atoms with Crippen LogP contribution in [0.25, 0.3) is 0 Å². The van der Waals surface area contributed by atoms with Gasteiger partial charge in [-0.2, -0.15) is 0 Å². The zero-order chi connectivity index (χ0) is 14.0. The molecule has 0 aromatic carbocycles. The molecule has 0 unspecified atom stereocenters. The zero-order valence-electron chi connectivity index (χ0n) is 11.1. The van der Waals surface area contributed by atoms with E-state index in [1.165, 1.54) is 0 Å². The highest BCUT2D eigenvalue weighted by molar-refractivity contribution is 5.68. The van der Waals surface area contributed by atoms with Crippen LogP contribution in [-0.2, 0) is 4.74 Å². The molecule has 18 heavy (non-hydrogen) atoms. The number of carbonyl (C=O) groups is 1. The smallest absolute Gasteiger partial charge is 0.410 e.